The van der Waals surface area contributed by atoms with Crippen LogP contribution in [0.25, 0.3) is 16.7 Å². The molecule has 0 radical (unpaired) electrons. The van der Waals surface area contributed by atoms with E-state index >= 15 is 0 Å². The Morgan fingerprint density at radius 1 is 1.24 bits per heavy atom. The van der Waals surface area contributed by atoms with Crippen LogP contribution >= 0.6 is 11.8 Å². The van der Waals surface area contributed by atoms with Crippen molar-refractivity contribution < 1.29 is 4.79 Å². The summed E-state index contributed by atoms with van der Waals surface area (Å²) in [5.41, 5.74) is 1.33. The minimum absolute atomic E-state index is 0.110. The van der Waals surface area contributed by atoms with E-state index in [1.54, 1.807) is 27.2 Å². The molecule has 0 saturated carbocycles. The van der Waals surface area contributed by atoms with Crippen molar-refractivity contribution in [2.24, 2.45) is 0 Å². The topological polar surface area (TPSA) is 73.0 Å². The van der Waals surface area contributed by atoms with Gasteiger partial charge in [0.05, 0.1) is 17.9 Å². The maximum absolute atomic E-state index is 13.2. The fourth-order valence-corrected chi connectivity index (χ4v) is 5.46. The van der Waals surface area contributed by atoms with Crippen LogP contribution < -0.4 is 5.56 Å². The molecule has 4 heterocycles. The highest BCUT2D eigenvalue weighted by molar-refractivity contribution is 7.99. The first-order valence-electron chi connectivity index (χ1n) is 10.1. The summed E-state index contributed by atoms with van der Waals surface area (Å²) in [6.45, 7) is 2.94. The fourth-order valence-electron chi connectivity index (χ4n) is 4.33. The molecule has 1 saturated heterocycles. The van der Waals surface area contributed by atoms with Gasteiger partial charge in [-0.1, -0.05) is 30.0 Å². The summed E-state index contributed by atoms with van der Waals surface area (Å²) in [6.07, 6.45) is 5.24. The molecule has 1 fully saturated rings. The molecule has 7 nitrogen and oxygen atoms in total. The maximum Gasteiger partial charge on any atom is 0.265 e. The molecule has 8 heteroatoms. The third kappa shape index (κ3) is 3.15. The summed E-state index contributed by atoms with van der Waals surface area (Å²) in [7, 11) is 0. The Labute approximate surface area is 172 Å². The molecule has 0 aliphatic carbocycles. The number of nitrogens with zero attached hydrogens (tertiary/aromatic N) is 5. The van der Waals surface area contributed by atoms with Gasteiger partial charge in [0.25, 0.3) is 5.56 Å². The van der Waals surface area contributed by atoms with Gasteiger partial charge in [-0.15, -0.1) is 0 Å². The third-order valence-corrected chi connectivity index (χ3v) is 7.00. The average molecular weight is 410 g/mol. The summed E-state index contributed by atoms with van der Waals surface area (Å²) in [5, 5.41) is 5.55. The maximum atomic E-state index is 13.2. The number of hydrogen-bond donors (Lipinski definition) is 0. The Bertz CT molecular complexity index is 1120. The summed E-state index contributed by atoms with van der Waals surface area (Å²) in [4.78, 5) is 32.9. The van der Waals surface area contributed by atoms with Gasteiger partial charge in [0.2, 0.25) is 5.91 Å². The zero-order valence-electron chi connectivity index (χ0n) is 16.3. The number of carbonyl (C=O) groups is 1. The van der Waals surface area contributed by atoms with Gasteiger partial charge in [0.1, 0.15) is 5.39 Å². The monoisotopic (exact) mass is 409 g/mol. The minimum atomic E-state index is -0.152. The molecular formula is C21H23N5O2S. The van der Waals surface area contributed by atoms with Crippen LogP contribution in [-0.4, -0.2) is 48.5 Å². The standard InChI is InChI=1S/C21H23N5O2S/c1-14-7-5-6-10-24(14)18(27)11-16-13-29-21-23-19-17(20(28)25(16)21)12-22-26(19)15-8-3-2-4-9-15/h2-4,8-9,12,14,16H,5-7,10-11,13H2,1H3. The molecule has 2 aromatic heterocycles. The number of hydrogen-bond acceptors (Lipinski definition) is 5. The SMILES string of the molecule is CC1CCCCN1C(=O)CC1CSc2nc3c(cnn3-c3ccccc3)c(=O)n21. The molecule has 2 aliphatic heterocycles. The number of rotatable bonds is 3. The van der Waals surface area contributed by atoms with E-state index in [0.29, 0.717) is 28.4 Å². The van der Waals surface area contributed by atoms with Crippen LogP contribution in [0.3, 0.4) is 0 Å². The van der Waals surface area contributed by atoms with E-state index in [9.17, 15) is 9.59 Å². The smallest absolute Gasteiger partial charge is 0.265 e. The Hall–Kier alpha value is -2.61. The zero-order chi connectivity index (χ0) is 20.0. The molecule has 2 atom stereocenters. The van der Waals surface area contributed by atoms with Crippen molar-refractivity contribution >= 4 is 28.7 Å². The lowest BCUT2D eigenvalue weighted by Crippen LogP contribution is -2.43. The van der Waals surface area contributed by atoms with Crippen molar-refractivity contribution in [3.8, 4) is 5.69 Å². The lowest BCUT2D eigenvalue weighted by Gasteiger charge is -2.34. The second kappa shape index (κ2) is 7.33. The lowest BCUT2D eigenvalue weighted by molar-refractivity contribution is -0.135. The van der Waals surface area contributed by atoms with Crippen LogP contribution in [0.15, 0.2) is 46.5 Å². The van der Waals surface area contributed by atoms with Gasteiger partial charge in [-0.25, -0.2) is 9.67 Å². The number of fused-ring (bicyclic) bond motifs is 2. The predicted octanol–water partition coefficient (Wildman–Crippen LogP) is 3.02. The first-order valence-corrected chi connectivity index (χ1v) is 11.1. The van der Waals surface area contributed by atoms with E-state index in [-0.39, 0.29) is 23.6 Å². The predicted molar refractivity (Wildman–Crippen MR) is 113 cm³/mol. The van der Waals surface area contributed by atoms with E-state index in [1.807, 2.05) is 35.2 Å². The van der Waals surface area contributed by atoms with Crippen LogP contribution in [0.1, 0.15) is 38.6 Å². The molecule has 29 heavy (non-hydrogen) atoms. The Kier molecular flexibility index (Phi) is 4.66. The van der Waals surface area contributed by atoms with E-state index in [4.69, 9.17) is 4.98 Å². The van der Waals surface area contributed by atoms with Crippen molar-refractivity contribution in [3.63, 3.8) is 0 Å². The van der Waals surface area contributed by atoms with Gasteiger partial charge in [0, 0.05) is 24.8 Å². The Balaban J connectivity index is 1.48. The number of piperidine rings is 1. The minimum Gasteiger partial charge on any atom is -0.340 e. The largest absolute Gasteiger partial charge is 0.340 e. The molecule has 3 aromatic rings. The quantitative estimate of drug-likeness (QED) is 0.622. The van der Waals surface area contributed by atoms with Gasteiger partial charge >= 0.3 is 0 Å². The van der Waals surface area contributed by atoms with Gasteiger partial charge in [-0.2, -0.15) is 5.10 Å². The molecule has 2 unspecified atom stereocenters. The van der Waals surface area contributed by atoms with Crippen LogP contribution in [0.2, 0.25) is 0 Å². The molecule has 0 spiro atoms. The van der Waals surface area contributed by atoms with Crippen LogP contribution in [0.4, 0.5) is 0 Å². The summed E-state index contributed by atoms with van der Waals surface area (Å²) in [5.74, 6) is 0.837. The molecule has 150 valence electrons. The second-order valence-electron chi connectivity index (χ2n) is 7.80. The van der Waals surface area contributed by atoms with Crippen molar-refractivity contribution in [1.82, 2.24) is 24.2 Å². The first kappa shape index (κ1) is 18.4. The zero-order valence-corrected chi connectivity index (χ0v) is 17.1. The number of carbonyl (C=O) groups excluding carboxylic acids is 1. The third-order valence-electron chi connectivity index (χ3n) is 5.90. The molecule has 1 aromatic carbocycles. The summed E-state index contributed by atoms with van der Waals surface area (Å²) < 4.78 is 3.41. The highest BCUT2D eigenvalue weighted by atomic mass is 32.2. The van der Waals surface area contributed by atoms with Gasteiger partial charge in [-0.05, 0) is 38.3 Å². The number of aromatic nitrogens is 4. The average Bonchev–Trinajstić information content (AvgIpc) is 3.34. The van der Waals surface area contributed by atoms with Crippen LogP contribution in [-0.2, 0) is 4.79 Å². The summed E-state index contributed by atoms with van der Waals surface area (Å²) >= 11 is 1.54. The normalized spacial score (nSPS) is 21.5. The van der Waals surface area contributed by atoms with Crippen molar-refractivity contribution in [2.75, 3.05) is 12.3 Å². The van der Waals surface area contributed by atoms with Crippen LogP contribution in [0.5, 0.6) is 0 Å². The highest BCUT2D eigenvalue weighted by Crippen LogP contribution is 2.34. The molecule has 1 amide bonds. The first-order chi connectivity index (χ1) is 14.1. The summed E-state index contributed by atoms with van der Waals surface area (Å²) in [6, 6.07) is 9.81. The molecule has 0 bridgehead atoms. The van der Waals surface area contributed by atoms with Gasteiger partial charge in [-0.3, -0.25) is 14.2 Å². The molecular weight excluding hydrogens is 386 g/mol. The molecule has 0 N–H and O–H groups in total. The van der Waals surface area contributed by atoms with E-state index in [2.05, 4.69) is 12.0 Å². The number of thioether (sulfide) groups is 1. The van der Waals surface area contributed by atoms with E-state index in [1.165, 1.54) is 6.42 Å². The van der Waals surface area contributed by atoms with Crippen molar-refractivity contribution in [1.29, 1.82) is 0 Å². The second-order valence-corrected chi connectivity index (χ2v) is 8.79. The number of para-hydroxylation sites is 1. The van der Waals surface area contributed by atoms with Gasteiger partial charge in [0.15, 0.2) is 10.8 Å². The van der Waals surface area contributed by atoms with E-state index < -0.39 is 0 Å². The molecule has 2 aliphatic rings. The Morgan fingerprint density at radius 3 is 2.86 bits per heavy atom. The number of benzene rings is 1. The lowest BCUT2D eigenvalue weighted by atomic mass is 10.0. The number of likely N-dealkylation sites (tertiary alicyclic amines) is 1. The van der Waals surface area contributed by atoms with E-state index in [0.717, 1.165) is 25.1 Å². The van der Waals surface area contributed by atoms with Gasteiger partial charge < -0.3 is 4.90 Å². The van der Waals surface area contributed by atoms with Crippen LogP contribution in [0, 0.1) is 0 Å². The Morgan fingerprint density at radius 2 is 2.07 bits per heavy atom. The van der Waals surface area contributed by atoms with Crippen molar-refractivity contribution in [2.45, 2.75) is 49.8 Å². The number of amides is 1. The highest BCUT2D eigenvalue weighted by Gasteiger charge is 2.32. The fraction of sp³-hybridized carbons (Fsp3) is 0.429. The van der Waals surface area contributed by atoms with Crippen molar-refractivity contribution in [3.05, 3.63) is 46.9 Å². The molecule has 5 rings (SSSR count).